The molecule has 0 heterocycles. The van der Waals surface area contributed by atoms with Crippen LogP contribution < -0.4 is 0 Å². The summed E-state index contributed by atoms with van der Waals surface area (Å²) < 4.78 is 0. The Hall–Kier alpha value is 4.04. The Labute approximate surface area is 125 Å². The van der Waals surface area contributed by atoms with Crippen LogP contribution in [0.15, 0.2) is 0 Å². The van der Waals surface area contributed by atoms with Crippen molar-refractivity contribution >= 4 is 40.4 Å². The summed E-state index contributed by atoms with van der Waals surface area (Å²) in [5.74, 6) is 0. The van der Waals surface area contributed by atoms with Gasteiger partial charge in [-0.1, -0.05) is 0 Å². The molecule has 0 fully saturated rings. The summed E-state index contributed by atoms with van der Waals surface area (Å²) in [7, 11) is 0. The minimum atomic E-state index is 0. The van der Waals surface area contributed by atoms with Crippen LogP contribution in [0.4, 0.5) is 0 Å². The molecule has 0 aromatic heterocycles. The number of hydrogen-bond donors (Lipinski definition) is 0. The quantitative estimate of drug-likeness (QED) is 0.484. The second-order valence-electron chi connectivity index (χ2n) is 0. The molecule has 6 heavy (non-hydrogen) atoms. The average Bonchev–Trinajstić information content (AvgIpc) is 0. The molecule has 0 saturated heterocycles. The normalized spacial score (nSPS) is 0. The zero-order valence-electron chi connectivity index (χ0n) is 4.72. The summed E-state index contributed by atoms with van der Waals surface area (Å²) in [4.78, 5) is 0. The van der Waals surface area contributed by atoms with Gasteiger partial charge in [-0.2, -0.15) is 0 Å². The summed E-state index contributed by atoms with van der Waals surface area (Å²) in [5, 5.41) is 0. The molecule has 0 aromatic carbocycles. The monoisotopic (exact) mass is 321 g/mol. The molecule has 0 aliphatic rings. The van der Waals surface area contributed by atoms with E-state index in [0.717, 1.165) is 0 Å². The van der Waals surface area contributed by atoms with Crippen LogP contribution in [-0.2, 0) is 84.5 Å². The molecule has 0 bridgehead atoms. The van der Waals surface area contributed by atoms with E-state index in [4.69, 9.17) is 0 Å². The fourth-order valence-electron chi connectivity index (χ4n) is 0. The second kappa shape index (κ2) is 35.8. The van der Waals surface area contributed by atoms with Crippen LogP contribution in [0.2, 0.25) is 0 Å². The van der Waals surface area contributed by atoms with E-state index >= 15 is 0 Å². The van der Waals surface area contributed by atoms with Gasteiger partial charge in [0.25, 0.3) is 0 Å². The van der Waals surface area contributed by atoms with E-state index in [2.05, 4.69) is 0 Å². The fourth-order valence-corrected chi connectivity index (χ4v) is 0. The first kappa shape index (κ1) is 50.3. The van der Waals surface area contributed by atoms with E-state index in [1.165, 1.54) is 0 Å². The topological polar surface area (TPSA) is 0 Å². The van der Waals surface area contributed by atoms with E-state index in [1.54, 1.807) is 0 Å². The molecule has 0 spiro atoms. The van der Waals surface area contributed by atoms with Crippen molar-refractivity contribution in [2.45, 2.75) is 0 Å². The third kappa shape index (κ3) is 24.4. The molecule has 0 aliphatic heterocycles. The molecule has 0 N–H and O–H groups in total. The van der Waals surface area contributed by atoms with Crippen molar-refractivity contribution in [3.05, 3.63) is 0 Å². The predicted octanol–water partition coefficient (Wildman–Crippen LogP) is -1.35. The maximum atomic E-state index is 0. The Balaban J connectivity index is 0. The predicted molar refractivity (Wildman–Crippen MR) is 17.9 cm³/mol. The number of rotatable bonds is 0. The van der Waals surface area contributed by atoms with Crippen LogP contribution in [0.5, 0.6) is 0 Å². The molecule has 0 unspecified atom stereocenters. The van der Waals surface area contributed by atoms with Crippen molar-refractivity contribution in [1.29, 1.82) is 0 Å². The van der Waals surface area contributed by atoms with Crippen LogP contribution in [0.25, 0.3) is 0 Å². The molecule has 0 atom stereocenters. The molecule has 31 valence electrons. The Bertz CT molecular complexity index is 22.0. The molecule has 6 heteroatoms. The molecule has 0 aliphatic carbocycles. The fraction of sp³-hybridized carbons (Fsp3) is 0. The summed E-state index contributed by atoms with van der Waals surface area (Å²) in [5.41, 5.74) is 0. The molecule has 0 amide bonds. The van der Waals surface area contributed by atoms with Crippen molar-refractivity contribution in [3.8, 4) is 0 Å². The maximum absolute atomic E-state index is 0. The average molecular weight is 324 g/mol. The first-order valence-corrected chi connectivity index (χ1v) is 0. The van der Waals surface area contributed by atoms with Gasteiger partial charge in [0, 0.05) is 84.5 Å². The standard InChI is InChI=1S/Al.Cu.Mg.Ti.Zn.Zr.5H/q;;+2;;;;;;;2*-1. The van der Waals surface area contributed by atoms with Gasteiger partial charge in [0.2, 0.25) is 0 Å². The van der Waals surface area contributed by atoms with Crippen LogP contribution in [0.1, 0.15) is 2.85 Å². The zero-order chi connectivity index (χ0) is 0. The van der Waals surface area contributed by atoms with Crippen molar-refractivity contribution in [1.82, 2.24) is 0 Å². The maximum Gasteiger partial charge on any atom is 2.00 e. The number of hydrogen-bond acceptors (Lipinski definition) is 0. The Morgan fingerprint density at radius 2 is 1.17 bits per heavy atom. The Morgan fingerprint density at radius 3 is 1.17 bits per heavy atom. The van der Waals surface area contributed by atoms with E-state index in [0.29, 0.717) is 0 Å². The van der Waals surface area contributed by atoms with E-state index in [-0.39, 0.29) is 128 Å². The first-order chi connectivity index (χ1) is 0. The second-order valence-corrected chi connectivity index (χ2v) is 0. The van der Waals surface area contributed by atoms with Gasteiger partial charge in [0.05, 0.1) is 0 Å². The van der Waals surface area contributed by atoms with Gasteiger partial charge in [-0.3, -0.25) is 0 Å². The van der Waals surface area contributed by atoms with Crippen LogP contribution in [0, 0.1) is 0 Å². The minimum Gasteiger partial charge on any atom is -1.00 e. The summed E-state index contributed by atoms with van der Waals surface area (Å²) in [6.07, 6.45) is 0. The Kier molecular flexibility index (Phi) is 300. The van der Waals surface area contributed by atoms with E-state index in [1.807, 2.05) is 0 Å². The van der Waals surface area contributed by atoms with Crippen LogP contribution in [0.3, 0.4) is 0 Å². The molecule has 1 radical (unpaired) electrons. The van der Waals surface area contributed by atoms with E-state index in [9.17, 15) is 0 Å². The van der Waals surface area contributed by atoms with Gasteiger partial charge in [0.15, 0.2) is 17.4 Å². The Morgan fingerprint density at radius 1 is 1.17 bits per heavy atom. The summed E-state index contributed by atoms with van der Waals surface area (Å²) >= 11 is 0. The smallest absolute Gasteiger partial charge is 1.00 e. The third-order valence-corrected chi connectivity index (χ3v) is 0. The van der Waals surface area contributed by atoms with Crippen molar-refractivity contribution < 1.29 is 87.3 Å². The molecule has 0 aromatic rings. The molecule has 0 saturated carbocycles. The third-order valence-electron chi connectivity index (χ3n) is 0. The minimum absolute atomic E-state index is 0. The van der Waals surface area contributed by atoms with Crippen molar-refractivity contribution in [3.63, 3.8) is 0 Å². The van der Waals surface area contributed by atoms with Gasteiger partial charge < -0.3 is 2.85 Å². The zero-order valence-corrected chi connectivity index (χ0v) is 12.1. The van der Waals surface area contributed by atoms with Gasteiger partial charge in [0.1, 0.15) is 0 Å². The SMILES string of the molecule is [AlH3].[Cu].[H-].[H-].[Mg+2].[Ti].[Zn].[Zr]. The summed E-state index contributed by atoms with van der Waals surface area (Å²) in [6, 6.07) is 0. The van der Waals surface area contributed by atoms with E-state index < -0.39 is 0 Å². The molecule has 0 nitrogen and oxygen atoms in total. The molecular weight excluding hydrogens is 319 g/mol. The summed E-state index contributed by atoms with van der Waals surface area (Å²) in [6.45, 7) is 0. The van der Waals surface area contributed by atoms with Crippen molar-refractivity contribution in [2.24, 2.45) is 0 Å². The first-order valence-electron chi connectivity index (χ1n) is 0. The molecular formula is H5AlCuMgTiZnZr. The van der Waals surface area contributed by atoms with Gasteiger partial charge in [-0.15, -0.1) is 0 Å². The molecule has 0 rings (SSSR count). The van der Waals surface area contributed by atoms with Crippen molar-refractivity contribution in [2.75, 3.05) is 0 Å². The largest absolute Gasteiger partial charge is 2.00 e. The van der Waals surface area contributed by atoms with Gasteiger partial charge in [-0.05, 0) is 0 Å². The van der Waals surface area contributed by atoms with Gasteiger partial charge >= 0.3 is 23.1 Å². The van der Waals surface area contributed by atoms with Crippen LogP contribution >= 0.6 is 0 Å². The van der Waals surface area contributed by atoms with Gasteiger partial charge in [-0.25, -0.2) is 0 Å². The van der Waals surface area contributed by atoms with Crippen LogP contribution in [-0.4, -0.2) is 40.4 Å².